The minimum absolute atomic E-state index is 0.0379. The van der Waals surface area contributed by atoms with E-state index in [-0.39, 0.29) is 16.6 Å². The number of carboxylic acids is 1. The van der Waals surface area contributed by atoms with Gasteiger partial charge >= 0.3 is 12.0 Å². The van der Waals surface area contributed by atoms with Crippen molar-refractivity contribution in [3.05, 3.63) is 11.1 Å². The molecule has 3 amide bonds. The maximum absolute atomic E-state index is 11.7. The summed E-state index contributed by atoms with van der Waals surface area (Å²) in [5, 5.41) is 13.7. The fourth-order valence-electron chi connectivity index (χ4n) is 2.41. The van der Waals surface area contributed by atoms with Crippen LogP contribution in [0.1, 0.15) is 39.5 Å². The van der Waals surface area contributed by atoms with Gasteiger partial charge in [0, 0.05) is 17.7 Å². The number of imide groups is 1. The summed E-state index contributed by atoms with van der Waals surface area (Å²) in [6, 6.07) is -0.556. The molecule has 0 aromatic carbocycles. The van der Waals surface area contributed by atoms with Crippen LogP contribution in [0.25, 0.3) is 0 Å². The van der Waals surface area contributed by atoms with Crippen LogP contribution in [0.2, 0.25) is 0 Å². The monoisotopic (exact) mass is 280 g/mol. The summed E-state index contributed by atoms with van der Waals surface area (Å²) in [5.41, 5.74) is 0.241. The van der Waals surface area contributed by atoms with E-state index < -0.39 is 17.9 Å². The van der Waals surface area contributed by atoms with E-state index in [1.165, 1.54) is 26.7 Å². The Morgan fingerprint density at radius 3 is 2.20 bits per heavy atom. The molecule has 0 heterocycles. The summed E-state index contributed by atoms with van der Waals surface area (Å²) in [6.07, 6.45) is 4.76. The first-order valence-electron chi connectivity index (χ1n) is 6.86. The van der Waals surface area contributed by atoms with Crippen molar-refractivity contribution in [1.82, 2.24) is 10.6 Å². The van der Waals surface area contributed by atoms with Crippen LogP contribution in [0.3, 0.4) is 0 Å². The first-order valence-corrected chi connectivity index (χ1v) is 6.86. The van der Waals surface area contributed by atoms with Gasteiger partial charge in [-0.3, -0.25) is 10.1 Å². The van der Waals surface area contributed by atoms with Crippen LogP contribution < -0.4 is 10.6 Å². The molecule has 2 rings (SSSR count). The molecule has 0 bridgehead atoms. The maximum Gasteiger partial charge on any atom is 0.331 e. The van der Waals surface area contributed by atoms with E-state index in [0.717, 1.165) is 18.8 Å². The van der Waals surface area contributed by atoms with Crippen molar-refractivity contribution in [2.24, 2.45) is 11.3 Å². The molecule has 3 N–H and O–H groups in total. The molecule has 2 fully saturated rings. The molecule has 0 saturated heterocycles. The molecule has 2 aliphatic carbocycles. The molecule has 0 aromatic heterocycles. The van der Waals surface area contributed by atoms with Crippen molar-refractivity contribution in [3.8, 4) is 0 Å². The smallest absolute Gasteiger partial charge is 0.331 e. The number of carbonyl (C=O) groups is 3. The molecule has 0 atom stereocenters. The van der Waals surface area contributed by atoms with Crippen LogP contribution in [0.5, 0.6) is 0 Å². The second kappa shape index (κ2) is 5.26. The number of hydrogen-bond acceptors (Lipinski definition) is 3. The predicted octanol–water partition coefficient (Wildman–Crippen LogP) is 1.42. The van der Waals surface area contributed by atoms with Gasteiger partial charge in [0.15, 0.2) is 0 Å². The Morgan fingerprint density at radius 2 is 1.75 bits per heavy atom. The summed E-state index contributed by atoms with van der Waals surface area (Å²) in [6.45, 7) is 3.32. The molecule has 2 saturated carbocycles. The van der Waals surface area contributed by atoms with Crippen LogP contribution in [0.4, 0.5) is 4.79 Å². The van der Waals surface area contributed by atoms with E-state index in [1.54, 1.807) is 0 Å². The van der Waals surface area contributed by atoms with Gasteiger partial charge in [0.1, 0.15) is 0 Å². The third kappa shape index (κ3) is 3.18. The quantitative estimate of drug-likeness (QED) is 0.664. The minimum Gasteiger partial charge on any atom is -0.478 e. The van der Waals surface area contributed by atoms with Gasteiger partial charge in [0.05, 0.1) is 0 Å². The number of nitrogens with one attached hydrogen (secondary N) is 2. The van der Waals surface area contributed by atoms with Gasteiger partial charge in [-0.2, -0.15) is 0 Å². The number of carbonyl (C=O) groups excluding carboxylic acids is 2. The first-order chi connectivity index (χ1) is 9.35. The largest absolute Gasteiger partial charge is 0.478 e. The Labute approximate surface area is 117 Å². The lowest BCUT2D eigenvalue weighted by molar-refractivity contribution is -0.133. The van der Waals surface area contributed by atoms with Gasteiger partial charge in [-0.05, 0) is 50.9 Å². The van der Waals surface area contributed by atoms with E-state index in [9.17, 15) is 14.4 Å². The van der Waals surface area contributed by atoms with Gasteiger partial charge in [0.25, 0.3) is 5.91 Å². The molecule has 110 valence electrons. The average molecular weight is 280 g/mol. The molecule has 0 radical (unpaired) electrons. The van der Waals surface area contributed by atoms with E-state index in [1.807, 2.05) is 0 Å². The molecule has 0 spiro atoms. The highest BCUT2D eigenvalue weighted by Crippen LogP contribution is 2.60. The summed E-state index contributed by atoms with van der Waals surface area (Å²) in [7, 11) is 0. The highest BCUT2D eigenvalue weighted by atomic mass is 16.4. The summed E-state index contributed by atoms with van der Waals surface area (Å²) in [4.78, 5) is 34.1. The SMILES string of the molecule is CC(C(=O)O)=C(C)C(=O)NC(=O)NCC1(C2CC2)CC1. The molecule has 20 heavy (non-hydrogen) atoms. The van der Waals surface area contributed by atoms with Crippen molar-refractivity contribution in [2.75, 3.05) is 6.54 Å². The lowest BCUT2D eigenvalue weighted by Crippen LogP contribution is -2.42. The van der Waals surface area contributed by atoms with Crippen LogP contribution >= 0.6 is 0 Å². The van der Waals surface area contributed by atoms with E-state index in [4.69, 9.17) is 5.11 Å². The number of urea groups is 1. The molecule has 6 nitrogen and oxygen atoms in total. The molecule has 0 aromatic rings. The van der Waals surface area contributed by atoms with E-state index >= 15 is 0 Å². The third-order valence-electron chi connectivity index (χ3n) is 4.39. The molecular formula is C14H20N2O4. The third-order valence-corrected chi connectivity index (χ3v) is 4.39. The fourth-order valence-corrected chi connectivity index (χ4v) is 2.41. The lowest BCUT2D eigenvalue weighted by atomic mass is 10.0. The number of carboxylic acid groups (broad SMARTS) is 1. The van der Waals surface area contributed by atoms with Crippen LogP contribution in [0.15, 0.2) is 11.1 Å². The van der Waals surface area contributed by atoms with Gasteiger partial charge in [-0.1, -0.05) is 0 Å². The number of hydrogen-bond donors (Lipinski definition) is 3. The van der Waals surface area contributed by atoms with E-state index in [2.05, 4.69) is 10.6 Å². The van der Waals surface area contributed by atoms with Gasteiger partial charge in [-0.25, -0.2) is 9.59 Å². The van der Waals surface area contributed by atoms with Gasteiger partial charge in [0.2, 0.25) is 0 Å². The van der Waals surface area contributed by atoms with Crippen molar-refractivity contribution in [2.45, 2.75) is 39.5 Å². The topological polar surface area (TPSA) is 95.5 Å². The van der Waals surface area contributed by atoms with Gasteiger partial charge in [-0.15, -0.1) is 0 Å². The zero-order valence-corrected chi connectivity index (χ0v) is 11.8. The van der Waals surface area contributed by atoms with Crippen LogP contribution in [-0.2, 0) is 9.59 Å². The first kappa shape index (κ1) is 14.6. The highest BCUT2D eigenvalue weighted by molar-refractivity contribution is 6.07. The molecule has 2 aliphatic rings. The minimum atomic E-state index is -1.16. The Kier molecular flexibility index (Phi) is 3.83. The van der Waals surface area contributed by atoms with Gasteiger partial charge < -0.3 is 10.4 Å². The Balaban J connectivity index is 1.81. The van der Waals surface area contributed by atoms with Crippen LogP contribution in [-0.4, -0.2) is 29.6 Å². The molecule has 6 heteroatoms. The zero-order chi connectivity index (χ0) is 14.9. The molecular weight excluding hydrogens is 260 g/mol. The van der Waals surface area contributed by atoms with Crippen molar-refractivity contribution in [1.29, 1.82) is 0 Å². The Hall–Kier alpha value is -1.85. The predicted molar refractivity (Wildman–Crippen MR) is 71.9 cm³/mol. The number of aliphatic carboxylic acids is 1. The van der Waals surface area contributed by atoms with Crippen LogP contribution in [0, 0.1) is 11.3 Å². The molecule has 0 unspecified atom stereocenters. The summed E-state index contributed by atoms with van der Waals surface area (Å²) >= 11 is 0. The van der Waals surface area contributed by atoms with Crippen molar-refractivity contribution < 1.29 is 19.5 Å². The number of rotatable bonds is 5. The van der Waals surface area contributed by atoms with E-state index in [0.29, 0.717) is 6.54 Å². The second-order valence-corrected chi connectivity index (χ2v) is 5.83. The second-order valence-electron chi connectivity index (χ2n) is 5.83. The molecule has 0 aliphatic heterocycles. The standard InChI is InChI=1S/C14H20N2O4/c1-8(9(2)12(18)19)11(17)16-13(20)15-7-14(5-6-14)10-3-4-10/h10H,3-7H2,1-2H3,(H,18,19)(H2,15,16,17,20). The normalized spacial score (nSPS) is 20.7. The summed E-state index contributed by atoms with van der Waals surface area (Å²) < 4.78 is 0. The zero-order valence-electron chi connectivity index (χ0n) is 11.8. The fraction of sp³-hybridized carbons (Fsp3) is 0.643. The Morgan fingerprint density at radius 1 is 1.15 bits per heavy atom. The summed E-state index contributed by atoms with van der Waals surface area (Å²) in [5.74, 6) is -1.10. The Bertz CT molecular complexity index is 487. The van der Waals surface area contributed by atoms with Crippen molar-refractivity contribution >= 4 is 17.9 Å². The number of amides is 3. The lowest BCUT2D eigenvalue weighted by Gasteiger charge is -2.15. The highest BCUT2D eigenvalue weighted by Gasteiger charge is 2.53. The average Bonchev–Trinajstić information content (AvgIpc) is 3.26. The maximum atomic E-state index is 11.7. The van der Waals surface area contributed by atoms with Crippen molar-refractivity contribution in [3.63, 3.8) is 0 Å².